The summed E-state index contributed by atoms with van der Waals surface area (Å²) in [4.78, 5) is 12.8. The fourth-order valence-corrected chi connectivity index (χ4v) is 2.73. The second kappa shape index (κ2) is 6.19. The molecular weight excluding hydrogens is 292 g/mol. The van der Waals surface area contributed by atoms with E-state index in [0.29, 0.717) is 9.23 Å². The molecule has 1 fully saturated rings. The Labute approximate surface area is 127 Å². The van der Waals surface area contributed by atoms with Crippen LogP contribution < -0.4 is 4.74 Å². The molecule has 0 radical (unpaired) electrons. The Morgan fingerprint density at radius 1 is 1.35 bits per heavy atom. The van der Waals surface area contributed by atoms with Gasteiger partial charge in [0, 0.05) is 0 Å². The normalized spacial score (nSPS) is 15.3. The number of carbonyl (C=O) groups excluding carboxylic acids is 1. The molecule has 1 aromatic carbocycles. The minimum absolute atomic E-state index is 0.162. The monoisotopic (exact) mass is 306 g/mol. The molecule has 1 amide bonds. The first-order valence-corrected chi connectivity index (χ1v) is 7.17. The largest absolute Gasteiger partial charge is 0.497 e. The molecule has 0 spiro atoms. The number of thioether (sulfide) groups is 1. The van der Waals surface area contributed by atoms with Crippen LogP contribution in [0, 0.1) is 0 Å². The van der Waals surface area contributed by atoms with Gasteiger partial charge in [0.25, 0.3) is 5.91 Å². The first-order valence-electron chi connectivity index (χ1n) is 5.94. The van der Waals surface area contributed by atoms with Gasteiger partial charge in [-0.25, -0.2) is 0 Å². The number of hydrogen-bond donors (Lipinski definition) is 0. The predicted octanol–water partition coefficient (Wildman–Crippen LogP) is 3.18. The zero-order valence-corrected chi connectivity index (χ0v) is 13.0. The summed E-state index contributed by atoms with van der Waals surface area (Å²) in [5, 5.41) is 5.42. The predicted molar refractivity (Wildman–Crippen MR) is 86.0 cm³/mol. The molecule has 2 rings (SSSR count). The average Bonchev–Trinajstić information content (AvgIpc) is 2.72. The molecule has 4 nitrogen and oxygen atoms in total. The van der Waals surface area contributed by atoms with Gasteiger partial charge in [-0.3, -0.25) is 4.79 Å². The maximum absolute atomic E-state index is 12.1. The van der Waals surface area contributed by atoms with Crippen LogP contribution in [0.5, 0.6) is 5.75 Å². The van der Waals surface area contributed by atoms with Crippen LogP contribution in [0.3, 0.4) is 0 Å². The van der Waals surface area contributed by atoms with Crippen LogP contribution in [0.1, 0.15) is 19.4 Å². The minimum Gasteiger partial charge on any atom is -0.497 e. The van der Waals surface area contributed by atoms with Crippen LogP contribution in [0.2, 0.25) is 0 Å². The Morgan fingerprint density at radius 2 is 2.00 bits per heavy atom. The zero-order valence-electron chi connectivity index (χ0n) is 11.4. The molecule has 0 aliphatic carbocycles. The van der Waals surface area contributed by atoms with Gasteiger partial charge in [0.05, 0.1) is 18.2 Å². The lowest BCUT2D eigenvalue weighted by molar-refractivity contribution is -0.122. The van der Waals surface area contributed by atoms with Crippen LogP contribution in [0.25, 0.3) is 0 Å². The minimum atomic E-state index is -0.162. The van der Waals surface area contributed by atoms with E-state index in [9.17, 15) is 4.79 Å². The maximum Gasteiger partial charge on any atom is 0.286 e. The fourth-order valence-electron chi connectivity index (χ4n) is 1.58. The number of methoxy groups -OCH3 is 1. The van der Waals surface area contributed by atoms with E-state index < -0.39 is 0 Å². The maximum atomic E-state index is 12.1. The molecule has 1 aromatic rings. The number of nitrogens with zero attached hydrogens (tertiary/aromatic N) is 2. The standard InChI is InChI=1S/C14H14N2O2S2/c1-9(2)12-13(17)16(14(19)20-12)15-8-10-4-6-11(18-3)7-5-10/h4-8H,1-3H3/b15-8+. The third-order valence-corrected chi connectivity index (χ3v) is 4.20. The Bertz CT molecular complexity index is 602. The molecule has 1 heterocycles. The molecule has 1 saturated heterocycles. The van der Waals surface area contributed by atoms with Crippen molar-refractivity contribution in [1.29, 1.82) is 0 Å². The summed E-state index contributed by atoms with van der Waals surface area (Å²) in [5.41, 5.74) is 1.82. The van der Waals surface area contributed by atoms with E-state index in [1.54, 1.807) is 13.3 Å². The topological polar surface area (TPSA) is 41.9 Å². The highest BCUT2D eigenvalue weighted by Gasteiger charge is 2.32. The van der Waals surface area contributed by atoms with Crippen molar-refractivity contribution in [3.05, 3.63) is 40.3 Å². The highest BCUT2D eigenvalue weighted by Crippen LogP contribution is 2.33. The van der Waals surface area contributed by atoms with Crippen LogP contribution in [0.4, 0.5) is 0 Å². The summed E-state index contributed by atoms with van der Waals surface area (Å²) in [5.74, 6) is 0.613. The van der Waals surface area contributed by atoms with Gasteiger partial charge in [0.2, 0.25) is 0 Å². The molecule has 20 heavy (non-hydrogen) atoms. The molecule has 0 aromatic heterocycles. The highest BCUT2D eigenvalue weighted by atomic mass is 32.2. The summed E-state index contributed by atoms with van der Waals surface area (Å²) in [6.07, 6.45) is 1.61. The van der Waals surface area contributed by atoms with Crippen LogP contribution in [-0.2, 0) is 4.79 Å². The Kier molecular flexibility index (Phi) is 4.57. The summed E-state index contributed by atoms with van der Waals surface area (Å²) in [6, 6.07) is 7.39. The van der Waals surface area contributed by atoms with Gasteiger partial charge in [-0.05, 0) is 55.9 Å². The Balaban J connectivity index is 2.17. The number of ether oxygens (including phenoxy) is 1. The highest BCUT2D eigenvalue weighted by molar-refractivity contribution is 8.26. The van der Waals surface area contributed by atoms with Gasteiger partial charge in [-0.15, -0.1) is 0 Å². The lowest BCUT2D eigenvalue weighted by Gasteiger charge is -2.06. The SMILES string of the molecule is COc1ccc(/C=N/N2C(=O)C(=C(C)C)SC2=S)cc1. The van der Waals surface area contributed by atoms with Crippen LogP contribution in [-0.4, -0.2) is 28.6 Å². The lowest BCUT2D eigenvalue weighted by Crippen LogP contribution is -2.22. The second-order valence-corrected chi connectivity index (χ2v) is 5.98. The number of hydrazone groups is 1. The smallest absolute Gasteiger partial charge is 0.286 e. The van der Waals surface area contributed by atoms with E-state index in [-0.39, 0.29) is 5.91 Å². The van der Waals surface area contributed by atoms with Gasteiger partial charge in [-0.1, -0.05) is 17.3 Å². The summed E-state index contributed by atoms with van der Waals surface area (Å²) in [6.45, 7) is 3.78. The molecule has 0 bridgehead atoms. The fraction of sp³-hybridized carbons (Fsp3) is 0.214. The van der Waals surface area contributed by atoms with Crippen molar-refractivity contribution >= 4 is 40.4 Å². The average molecular weight is 306 g/mol. The summed E-state index contributed by atoms with van der Waals surface area (Å²) < 4.78 is 5.54. The van der Waals surface area contributed by atoms with Crippen molar-refractivity contribution in [1.82, 2.24) is 5.01 Å². The van der Waals surface area contributed by atoms with Crippen LogP contribution in [0.15, 0.2) is 39.8 Å². The number of thiocarbonyl (C=S) groups is 1. The number of allylic oxidation sites excluding steroid dienone is 1. The molecule has 0 saturated carbocycles. The summed E-state index contributed by atoms with van der Waals surface area (Å²) in [7, 11) is 1.61. The van der Waals surface area contributed by atoms with Gasteiger partial charge in [-0.2, -0.15) is 10.1 Å². The molecule has 104 valence electrons. The lowest BCUT2D eigenvalue weighted by atomic mass is 10.2. The first kappa shape index (κ1) is 14.7. The second-order valence-electron chi connectivity index (χ2n) is 4.33. The van der Waals surface area contributed by atoms with E-state index in [0.717, 1.165) is 16.9 Å². The van der Waals surface area contributed by atoms with Gasteiger partial charge in [0.1, 0.15) is 5.75 Å². The van der Waals surface area contributed by atoms with E-state index >= 15 is 0 Å². The molecule has 0 unspecified atom stereocenters. The van der Waals surface area contributed by atoms with E-state index in [2.05, 4.69) is 5.10 Å². The molecule has 1 aliphatic rings. The van der Waals surface area contributed by atoms with Crippen molar-refractivity contribution in [2.45, 2.75) is 13.8 Å². The summed E-state index contributed by atoms with van der Waals surface area (Å²) >= 11 is 6.45. The zero-order chi connectivity index (χ0) is 14.7. The van der Waals surface area contributed by atoms with E-state index in [1.165, 1.54) is 16.8 Å². The van der Waals surface area contributed by atoms with Crippen molar-refractivity contribution in [3.8, 4) is 5.75 Å². The van der Waals surface area contributed by atoms with Crippen molar-refractivity contribution in [2.24, 2.45) is 5.10 Å². The van der Waals surface area contributed by atoms with Crippen molar-refractivity contribution < 1.29 is 9.53 Å². The number of carbonyl (C=O) groups is 1. The van der Waals surface area contributed by atoms with E-state index in [4.69, 9.17) is 17.0 Å². The molecule has 0 N–H and O–H groups in total. The molecule has 1 aliphatic heterocycles. The van der Waals surface area contributed by atoms with Gasteiger partial charge >= 0.3 is 0 Å². The number of benzene rings is 1. The van der Waals surface area contributed by atoms with E-state index in [1.807, 2.05) is 38.1 Å². The number of rotatable bonds is 3. The molecule has 6 heteroatoms. The first-order chi connectivity index (χ1) is 9.52. The Morgan fingerprint density at radius 3 is 2.50 bits per heavy atom. The van der Waals surface area contributed by atoms with Crippen molar-refractivity contribution in [3.63, 3.8) is 0 Å². The Hall–Kier alpha value is -1.66. The van der Waals surface area contributed by atoms with Gasteiger partial charge < -0.3 is 4.74 Å². The third-order valence-electron chi connectivity index (χ3n) is 2.64. The van der Waals surface area contributed by atoms with Crippen molar-refractivity contribution in [2.75, 3.05) is 7.11 Å². The molecular formula is C14H14N2O2S2. The number of amides is 1. The number of hydrogen-bond acceptors (Lipinski definition) is 5. The van der Waals surface area contributed by atoms with Crippen LogP contribution >= 0.6 is 24.0 Å². The molecule has 0 atom stereocenters. The van der Waals surface area contributed by atoms with Gasteiger partial charge in [0.15, 0.2) is 4.32 Å². The quantitative estimate of drug-likeness (QED) is 0.488. The third kappa shape index (κ3) is 3.08.